The Labute approximate surface area is 194 Å². The molecule has 0 radical (unpaired) electrons. The molecule has 1 aromatic carbocycles. The molecule has 1 amide bonds. The quantitative estimate of drug-likeness (QED) is 0.396. The molecule has 1 aromatic heterocycles. The van der Waals surface area contributed by atoms with Crippen molar-refractivity contribution in [3.8, 4) is 0 Å². The minimum Gasteiger partial charge on any atom is -0.465 e. The van der Waals surface area contributed by atoms with Crippen molar-refractivity contribution >= 4 is 23.2 Å². The molecular weight excluding hydrogens is 422 g/mol. The van der Waals surface area contributed by atoms with Crippen LogP contribution in [0.4, 0.5) is 0 Å². The first kappa shape index (κ1) is 24.2. The van der Waals surface area contributed by atoms with E-state index >= 15 is 0 Å². The number of carbonyl (C=O) groups excluding carboxylic acids is 2. The standard InChI is InChI=1S/C26H33NO4S/c1-19(10-11-20-7-4-3-5-8-20)23(28)15-12-21-13-17-25(29)27(21)18-6-9-22-14-16-24(32-22)26(30)31-2/h3-5,7-8,12,14-16,19,21,23,28H,6,9-11,13,17-18H2,1-2H3/t19-,21?,23+/m0/s1. The summed E-state index contributed by atoms with van der Waals surface area (Å²) >= 11 is 1.44. The Morgan fingerprint density at radius 2 is 2.03 bits per heavy atom. The molecule has 0 aliphatic carbocycles. The molecule has 1 aliphatic rings. The van der Waals surface area contributed by atoms with Crippen LogP contribution in [0, 0.1) is 5.92 Å². The fraction of sp³-hybridized carbons (Fsp3) is 0.462. The highest BCUT2D eigenvalue weighted by atomic mass is 32.1. The van der Waals surface area contributed by atoms with E-state index in [2.05, 4.69) is 19.1 Å². The van der Waals surface area contributed by atoms with Crippen LogP contribution in [0.3, 0.4) is 0 Å². The van der Waals surface area contributed by atoms with Gasteiger partial charge in [-0.15, -0.1) is 11.3 Å². The number of nitrogens with zero attached hydrogens (tertiary/aromatic N) is 1. The minimum atomic E-state index is -0.515. The van der Waals surface area contributed by atoms with Crippen molar-refractivity contribution in [2.45, 2.75) is 57.6 Å². The molecular formula is C26H33NO4S. The van der Waals surface area contributed by atoms with E-state index in [4.69, 9.17) is 4.74 Å². The van der Waals surface area contributed by atoms with Gasteiger partial charge in [-0.3, -0.25) is 4.79 Å². The van der Waals surface area contributed by atoms with Gasteiger partial charge in [-0.05, 0) is 55.7 Å². The molecule has 2 aromatic rings. The number of amides is 1. The van der Waals surface area contributed by atoms with Crippen molar-refractivity contribution in [3.05, 3.63) is 69.9 Å². The molecule has 0 spiro atoms. The van der Waals surface area contributed by atoms with Crippen LogP contribution in [-0.2, 0) is 22.4 Å². The maximum atomic E-state index is 12.4. The fourth-order valence-electron chi connectivity index (χ4n) is 4.03. The molecule has 1 saturated heterocycles. The van der Waals surface area contributed by atoms with Crippen molar-refractivity contribution in [1.82, 2.24) is 4.90 Å². The van der Waals surface area contributed by atoms with Crippen molar-refractivity contribution in [2.75, 3.05) is 13.7 Å². The van der Waals surface area contributed by atoms with Crippen LogP contribution < -0.4 is 0 Å². The lowest BCUT2D eigenvalue weighted by molar-refractivity contribution is -0.128. The average Bonchev–Trinajstić information content (AvgIpc) is 3.43. The van der Waals surface area contributed by atoms with Crippen molar-refractivity contribution in [1.29, 1.82) is 0 Å². The number of likely N-dealkylation sites (tertiary alicyclic amines) is 1. The van der Waals surface area contributed by atoms with Crippen LogP contribution in [0.2, 0.25) is 0 Å². The summed E-state index contributed by atoms with van der Waals surface area (Å²) in [6.07, 6.45) is 8.24. The van der Waals surface area contributed by atoms with Gasteiger partial charge in [-0.25, -0.2) is 4.79 Å². The number of aliphatic hydroxyl groups is 1. The highest BCUT2D eigenvalue weighted by molar-refractivity contribution is 7.13. The van der Waals surface area contributed by atoms with Gasteiger partial charge < -0.3 is 14.7 Å². The zero-order valence-corrected chi connectivity index (χ0v) is 19.7. The lowest BCUT2D eigenvalue weighted by Crippen LogP contribution is -2.33. The number of aryl methyl sites for hydroxylation is 2. The summed E-state index contributed by atoms with van der Waals surface area (Å²) in [5.74, 6) is 0.0188. The van der Waals surface area contributed by atoms with Gasteiger partial charge in [-0.1, -0.05) is 49.4 Å². The predicted molar refractivity (Wildman–Crippen MR) is 128 cm³/mol. The molecule has 0 saturated carbocycles. The van der Waals surface area contributed by atoms with E-state index in [9.17, 15) is 14.7 Å². The number of esters is 1. The van der Waals surface area contributed by atoms with E-state index in [1.54, 1.807) is 6.07 Å². The summed E-state index contributed by atoms with van der Waals surface area (Å²) < 4.78 is 4.75. The van der Waals surface area contributed by atoms with Gasteiger partial charge in [0.05, 0.1) is 19.3 Å². The molecule has 3 rings (SSSR count). The van der Waals surface area contributed by atoms with E-state index in [1.807, 2.05) is 41.3 Å². The van der Waals surface area contributed by atoms with Crippen molar-refractivity contribution in [3.63, 3.8) is 0 Å². The number of thiophene rings is 1. The lowest BCUT2D eigenvalue weighted by atomic mass is 9.95. The lowest BCUT2D eigenvalue weighted by Gasteiger charge is -2.23. The maximum absolute atomic E-state index is 12.4. The molecule has 172 valence electrons. The van der Waals surface area contributed by atoms with Gasteiger partial charge in [0.25, 0.3) is 0 Å². The first-order chi connectivity index (χ1) is 15.5. The van der Waals surface area contributed by atoms with Crippen LogP contribution in [0.15, 0.2) is 54.6 Å². The van der Waals surface area contributed by atoms with E-state index in [1.165, 1.54) is 24.0 Å². The highest BCUT2D eigenvalue weighted by Crippen LogP contribution is 2.23. The van der Waals surface area contributed by atoms with Crippen LogP contribution in [0.1, 0.15) is 52.7 Å². The SMILES string of the molecule is COC(=O)c1ccc(CCCN2C(=O)CCC2C=C[C@@H](O)[C@@H](C)CCc2ccccc2)s1. The normalized spacial score (nSPS) is 18.3. The number of hydrogen-bond acceptors (Lipinski definition) is 5. The predicted octanol–water partition coefficient (Wildman–Crippen LogP) is 4.64. The summed E-state index contributed by atoms with van der Waals surface area (Å²) in [4.78, 5) is 27.6. The van der Waals surface area contributed by atoms with Gasteiger partial charge in [-0.2, -0.15) is 0 Å². The monoisotopic (exact) mass is 455 g/mol. The Balaban J connectivity index is 1.46. The van der Waals surface area contributed by atoms with Crippen molar-refractivity contribution in [2.24, 2.45) is 5.92 Å². The Bertz CT molecular complexity index is 908. The molecule has 1 aliphatic heterocycles. The van der Waals surface area contributed by atoms with Gasteiger partial charge in [0.2, 0.25) is 5.91 Å². The van der Waals surface area contributed by atoms with Crippen molar-refractivity contribution < 1.29 is 19.4 Å². The third-order valence-electron chi connectivity index (χ3n) is 6.09. The molecule has 3 atom stereocenters. The number of methoxy groups -OCH3 is 1. The third-order valence-corrected chi connectivity index (χ3v) is 7.21. The first-order valence-corrected chi connectivity index (χ1v) is 12.2. The summed E-state index contributed by atoms with van der Waals surface area (Å²) in [6, 6.07) is 14.1. The van der Waals surface area contributed by atoms with Crippen LogP contribution in [-0.4, -0.2) is 47.7 Å². The van der Waals surface area contributed by atoms with Gasteiger partial charge in [0.1, 0.15) is 4.88 Å². The molecule has 1 fully saturated rings. The highest BCUT2D eigenvalue weighted by Gasteiger charge is 2.28. The molecule has 5 nitrogen and oxygen atoms in total. The number of carbonyl (C=O) groups is 2. The Morgan fingerprint density at radius 1 is 1.25 bits per heavy atom. The third kappa shape index (κ3) is 6.78. The smallest absolute Gasteiger partial charge is 0.348 e. The van der Waals surface area contributed by atoms with E-state index in [-0.39, 0.29) is 23.8 Å². The van der Waals surface area contributed by atoms with E-state index in [0.29, 0.717) is 17.8 Å². The Hall–Kier alpha value is -2.44. The second kappa shape index (κ2) is 12.0. The van der Waals surface area contributed by atoms with E-state index in [0.717, 1.165) is 37.0 Å². The average molecular weight is 456 g/mol. The number of hydrogen-bond donors (Lipinski definition) is 1. The number of ether oxygens (including phenoxy) is 1. The van der Waals surface area contributed by atoms with Crippen LogP contribution in [0.25, 0.3) is 0 Å². The van der Waals surface area contributed by atoms with Gasteiger partial charge in [0, 0.05) is 17.8 Å². The summed E-state index contributed by atoms with van der Waals surface area (Å²) in [5, 5.41) is 10.6. The van der Waals surface area contributed by atoms with Crippen LogP contribution >= 0.6 is 11.3 Å². The second-order valence-corrected chi connectivity index (χ2v) is 9.60. The topological polar surface area (TPSA) is 66.8 Å². The second-order valence-electron chi connectivity index (χ2n) is 8.43. The summed E-state index contributed by atoms with van der Waals surface area (Å²) in [5.41, 5.74) is 1.28. The molecule has 32 heavy (non-hydrogen) atoms. The fourth-order valence-corrected chi connectivity index (χ4v) is 5.00. The van der Waals surface area contributed by atoms with Crippen LogP contribution in [0.5, 0.6) is 0 Å². The Morgan fingerprint density at radius 3 is 2.78 bits per heavy atom. The van der Waals surface area contributed by atoms with Gasteiger partial charge in [0.15, 0.2) is 0 Å². The summed E-state index contributed by atoms with van der Waals surface area (Å²) in [7, 11) is 1.38. The van der Waals surface area contributed by atoms with E-state index < -0.39 is 6.10 Å². The molecule has 1 N–H and O–H groups in total. The zero-order valence-electron chi connectivity index (χ0n) is 18.9. The number of benzene rings is 1. The Kier molecular flexibility index (Phi) is 9.06. The largest absolute Gasteiger partial charge is 0.465 e. The first-order valence-electron chi connectivity index (χ1n) is 11.3. The zero-order chi connectivity index (χ0) is 22.9. The summed E-state index contributed by atoms with van der Waals surface area (Å²) in [6.45, 7) is 2.75. The molecule has 1 unspecified atom stereocenters. The molecule has 0 bridgehead atoms. The maximum Gasteiger partial charge on any atom is 0.348 e. The number of rotatable bonds is 11. The molecule has 2 heterocycles. The molecule has 6 heteroatoms. The number of aliphatic hydroxyl groups excluding tert-OH is 1. The van der Waals surface area contributed by atoms with Gasteiger partial charge >= 0.3 is 5.97 Å². The minimum absolute atomic E-state index is 0.0486.